The van der Waals surface area contributed by atoms with Crippen LogP contribution in [0, 0.1) is 0 Å². The molecular weight excluding hydrogens is 360 g/mol. The zero-order chi connectivity index (χ0) is 19.0. The predicted molar refractivity (Wildman–Crippen MR) is 108 cm³/mol. The largest absolute Gasteiger partial charge is 0.493 e. The van der Waals surface area contributed by atoms with Gasteiger partial charge in [0.15, 0.2) is 0 Å². The van der Waals surface area contributed by atoms with E-state index < -0.39 is 9.84 Å². The van der Waals surface area contributed by atoms with E-state index in [0.29, 0.717) is 12.1 Å². The highest BCUT2D eigenvalue weighted by molar-refractivity contribution is 7.91. The van der Waals surface area contributed by atoms with Crippen LogP contribution in [0.1, 0.15) is 49.8 Å². The lowest BCUT2D eigenvalue weighted by atomic mass is 9.96. The Morgan fingerprint density at radius 3 is 2.44 bits per heavy atom. The Kier molecular flexibility index (Phi) is 5.50. The summed E-state index contributed by atoms with van der Waals surface area (Å²) < 4.78 is 29.3. The molecule has 3 aliphatic heterocycles. The number of hydrogen-bond donors (Lipinski definition) is 0. The molecule has 4 rings (SSSR count). The average molecular weight is 393 g/mol. The summed E-state index contributed by atoms with van der Waals surface area (Å²) in [5.74, 6) is 1.07. The fourth-order valence-electron chi connectivity index (χ4n) is 4.96. The van der Waals surface area contributed by atoms with Crippen LogP contribution < -0.4 is 4.74 Å². The number of sulfone groups is 1. The van der Waals surface area contributed by atoms with E-state index in [-0.39, 0.29) is 5.25 Å². The summed E-state index contributed by atoms with van der Waals surface area (Å²) in [5, 5.41) is -0.129. The van der Waals surface area contributed by atoms with Crippen molar-refractivity contribution in [1.29, 1.82) is 0 Å². The van der Waals surface area contributed by atoms with Gasteiger partial charge < -0.3 is 9.64 Å². The Hall–Kier alpha value is -1.11. The first-order chi connectivity index (χ1) is 12.9. The Bertz CT molecular complexity index is 764. The van der Waals surface area contributed by atoms with Gasteiger partial charge in [-0.1, -0.05) is 12.1 Å². The van der Waals surface area contributed by atoms with E-state index in [1.807, 2.05) is 0 Å². The Labute approximate surface area is 163 Å². The van der Waals surface area contributed by atoms with E-state index in [2.05, 4.69) is 34.9 Å². The number of benzene rings is 1. The molecule has 0 amide bonds. The highest BCUT2D eigenvalue weighted by atomic mass is 32.2. The van der Waals surface area contributed by atoms with Gasteiger partial charge in [0.1, 0.15) is 15.6 Å². The van der Waals surface area contributed by atoms with E-state index in [1.54, 1.807) is 0 Å². The molecule has 0 radical (unpaired) electrons. The van der Waals surface area contributed by atoms with Crippen molar-refractivity contribution in [1.82, 2.24) is 9.80 Å². The van der Waals surface area contributed by atoms with E-state index in [0.717, 1.165) is 57.8 Å². The van der Waals surface area contributed by atoms with Crippen molar-refractivity contribution < 1.29 is 13.2 Å². The smallest absolute Gasteiger partial charge is 0.150 e. The molecule has 27 heavy (non-hydrogen) atoms. The van der Waals surface area contributed by atoms with Gasteiger partial charge in [0.25, 0.3) is 0 Å². The minimum Gasteiger partial charge on any atom is -0.493 e. The first kappa shape index (κ1) is 19.2. The van der Waals surface area contributed by atoms with Crippen LogP contribution in [0.2, 0.25) is 0 Å². The van der Waals surface area contributed by atoms with E-state index in [1.165, 1.54) is 30.2 Å². The van der Waals surface area contributed by atoms with E-state index >= 15 is 0 Å². The molecule has 1 aromatic carbocycles. The molecular formula is C21H32N2O3S. The molecule has 0 aliphatic carbocycles. The molecule has 2 saturated heterocycles. The van der Waals surface area contributed by atoms with Crippen LogP contribution in [-0.4, -0.2) is 68.6 Å². The zero-order valence-corrected chi connectivity index (χ0v) is 17.4. The number of hydrogen-bond acceptors (Lipinski definition) is 5. The molecule has 1 aromatic rings. The van der Waals surface area contributed by atoms with E-state index in [4.69, 9.17) is 4.74 Å². The molecule has 0 spiro atoms. The molecule has 5 nitrogen and oxygen atoms in total. The van der Waals surface area contributed by atoms with Crippen LogP contribution in [-0.2, 0) is 16.3 Å². The van der Waals surface area contributed by atoms with Crippen molar-refractivity contribution in [3.63, 3.8) is 0 Å². The summed E-state index contributed by atoms with van der Waals surface area (Å²) in [7, 11) is -2.88. The topological polar surface area (TPSA) is 49.9 Å². The third-order valence-corrected chi connectivity index (χ3v) is 8.53. The van der Waals surface area contributed by atoms with Gasteiger partial charge in [0.05, 0.1) is 11.9 Å². The van der Waals surface area contributed by atoms with Crippen molar-refractivity contribution in [2.45, 2.75) is 56.4 Å². The van der Waals surface area contributed by atoms with Gasteiger partial charge in [-0.05, 0) is 62.9 Å². The molecule has 0 N–H and O–H groups in total. The third kappa shape index (κ3) is 4.17. The highest BCUT2D eigenvalue weighted by Crippen LogP contribution is 2.32. The summed E-state index contributed by atoms with van der Waals surface area (Å²) in [6.07, 6.45) is 6.36. The average Bonchev–Trinajstić information content (AvgIpc) is 3.15. The summed E-state index contributed by atoms with van der Waals surface area (Å²) in [4.78, 5) is 5.11. The highest BCUT2D eigenvalue weighted by Gasteiger charge is 2.32. The van der Waals surface area contributed by atoms with Gasteiger partial charge in [-0.3, -0.25) is 4.90 Å². The number of fused-ring (bicyclic) bond motifs is 1. The lowest BCUT2D eigenvalue weighted by molar-refractivity contribution is 0.0764. The molecule has 1 atom stereocenters. The summed E-state index contributed by atoms with van der Waals surface area (Å²) in [6, 6.07) is 7.75. The van der Waals surface area contributed by atoms with Crippen LogP contribution >= 0.6 is 0 Å². The summed E-state index contributed by atoms with van der Waals surface area (Å²) in [5.41, 5.74) is 2.69. The second-order valence-electron chi connectivity index (χ2n) is 8.47. The molecule has 1 unspecified atom stereocenters. The summed E-state index contributed by atoms with van der Waals surface area (Å²) >= 11 is 0. The van der Waals surface area contributed by atoms with Gasteiger partial charge >= 0.3 is 0 Å². The minimum atomic E-state index is -2.88. The second kappa shape index (κ2) is 7.72. The van der Waals surface area contributed by atoms with Crippen LogP contribution in [0.3, 0.4) is 0 Å². The van der Waals surface area contributed by atoms with Crippen LogP contribution in [0.25, 0.3) is 0 Å². The van der Waals surface area contributed by atoms with E-state index in [9.17, 15) is 8.42 Å². The van der Waals surface area contributed by atoms with Gasteiger partial charge in [-0.25, -0.2) is 8.42 Å². The SMILES string of the molecule is CC(c1ccc2c(c1)OCC2)N1CCC(N2CCC(S(C)(=O)=O)CC2)CC1. The summed E-state index contributed by atoms with van der Waals surface area (Å²) in [6.45, 7) is 7.19. The van der Waals surface area contributed by atoms with Crippen molar-refractivity contribution in [3.05, 3.63) is 29.3 Å². The molecule has 2 fully saturated rings. The predicted octanol–water partition coefficient (Wildman–Crippen LogP) is 2.66. The molecule has 150 valence electrons. The monoisotopic (exact) mass is 392 g/mol. The maximum Gasteiger partial charge on any atom is 0.150 e. The number of likely N-dealkylation sites (tertiary alicyclic amines) is 2. The number of nitrogens with zero attached hydrogens (tertiary/aromatic N) is 2. The first-order valence-corrected chi connectivity index (χ1v) is 12.3. The van der Waals surface area contributed by atoms with Crippen LogP contribution in [0.5, 0.6) is 5.75 Å². The maximum atomic E-state index is 11.8. The molecule has 3 heterocycles. The van der Waals surface area contributed by atoms with Gasteiger partial charge in [0.2, 0.25) is 0 Å². The molecule has 0 saturated carbocycles. The van der Waals surface area contributed by atoms with Crippen molar-refractivity contribution in [2.75, 3.05) is 39.0 Å². The van der Waals surface area contributed by atoms with Crippen molar-refractivity contribution in [2.24, 2.45) is 0 Å². The second-order valence-corrected chi connectivity index (χ2v) is 10.8. The number of rotatable bonds is 4. The zero-order valence-electron chi connectivity index (χ0n) is 16.6. The standard InChI is InChI=1S/C21H32N2O3S/c1-16(18-4-3-17-9-14-26-21(17)15-18)22-10-5-19(6-11-22)23-12-7-20(8-13-23)27(2,24)25/h3-4,15-16,19-20H,5-14H2,1-2H3. The minimum absolute atomic E-state index is 0.129. The fourth-order valence-corrected chi connectivity index (χ4v) is 6.03. The van der Waals surface area contributed by atoms with Gasteiger partial charge in [0, 0.05) is 37.8 Å². The quantitative estimate of drug-likeness (QED) is 0.788. The number of ether oxygens (including phenoxy) is 1. The molecule has 0 bridgehead atoms. The normalized spacial score (nSPS) is 24.5. The Morgan fingerprint density at radius 2 is 1.78 bits per heavy atom. The van der Waals surface area contributed by atoms with Crippen LogP contribution in [0.15, 0.2) is 18.2 Å². The lowest BCUT2D eigenvalue weighted by Gasteiger charge is -2.43. The molecule has 6 heteroatoms. The van der Waals surface area contributed by atoms with Crippen molar-refractivity contribution in [3.8, 4) is 5.75 Å². The number of piperidine rings is 2. The maximum absolute atomic E-state index is 11.8. The van der Waals surface area contributed by atoms with Crippen molar-refractivity contribution >= 4 is 9.84 Å². The lowest BCUT2D eigenvalue weighted by Crippen LogP contribution is -2.49. The Balaban J connectivity index is 1.30. The van der Waals surface area contributed by atoms with Gasteiger partial charge in [-0.15, -0.1) is 0 Å². The fraction of sp³-hybridized carbons (Fsp3) is 0.714. The van der Waals surface area contributed by atoms with Gasteiger partial charge in [-0.2, -0.15) is 0 Å². The molecule has 3 aliphatic rings. The van der Waals surface area contributed by atoms with Crippen LogP contribution in [0.4, 0.5) is 0 Å². The Morgan fingerprint density at radius 1 is 1.07 bits per heavy atom. The molecule has 0 aromatic heterocycles. The first-order valence-electron chi connectivity index (χ1n) is 10.3. The third-order valence-electron chi connectivity index (χ3n) is 6.85.